The topological polar surface area (TPSA) is 46.1 Å². The van der Waals surface area contributed by atoms with Gasteiger partial charge in [-0.25, -0.2) is 0 Å². The molecular formula is C18H30IN3O2. The molecule has 0 saturated heterocycles. The zero-order valence-electron chi connectivity index (χ0n) is 14.7. The zero-order chi connectivity index (χ0) is 16.3. The van der Waals surface area contributed by atoms with Crippen LogP contribution in [0.5, 0.6) is 0 Å². The van der Waals surface area contributed by atoms with Gasteiger partial charge in [-0.3, -0.25) is 4.99 Å². The van der Waals surface area contributed by atoms with Gasteiger partial charge in [-0.15, -0.1) is 24.0 Å². The summed E-state index contributed by atoms with van der Waals surface area (Å²) < 4.78 is 11.3. The molecule has 0 bridgehead atoms. The molecule has 1 aromatic rings. The Morgan fingerprint density at radius 1 is 1.21 bits per heavy atom. The molecule has 0 heterocycles. The normalized spacial score (nSPS) is 14.2. The summed E-state index contributed by atoms with van der Waals surface area (Å²) in [6, 6.07) is 10.2. The number of guanidine groups is 1. The van der Waals surface area contributed by atoms with E-state index >= 15 is 0 Å². The van der Waals surface area contributed by atoms with E-state index in [9.17, 15) is 0 Å². The van der Waals surface area contributed by atoms with E-state index in [4.69, 9.17) is 9.47 Å². The summed E-state index contributed by atoms with van der Waals surface area (Å²) in [4.78, 5) is 6.38. The number of likely N-dealkylation sites (N-methyl/N-ethyl adjacent to an activating group) is 1. The Bertz CT molecular complexity index is 467. The van der Waals surface area contributed by atoms with Crippen molar-refractivity contribution >= 4 is 29.9 Å². The third-order valence-corrected chi connectivity index (χ3v) is 3.84. The monoisotopic (exact) mass is 447 g/mol. The first-order valence-electron chi connectivity index (χ1n) is 8.41. The van der Waals surface area contributed by atoms with Crippen molar-refractivity contribution in [2.45, 2.75) is 19.4 Å². The first kappa shape index (κ1) is 21.2. The quantitative estimate of drug-likeness (QED) is 0.259. The average molecular weight is 447 g/mol. The second kappa shape index (κ2) is 12.5. The number of hydrogen-bond acceptors (Lipinski definition) is 3. The van der Waals surface area contributed by atoms with Crippen LogP contribution in [0, 0.1) is 5.92 Å². The van der Waals surface area contributed by atoms with Gasteiger partial charge in [0.25, 0.3) is 0 Å². The smallest absolute Gasteiger partial charge is 0.193 e. The minimum atomic E-state index is 0. The third kappa shape index (κ3) is 8.84. The first-order chi connectivity index (χ1) is 11.3. The molecule has 0 unspecified atom stereocenters. The van der Waals surface area contributed by atoms with Crippen LogP contribution in [-0.2, 0) is 16.1 Å². The lowest BCUT2D eigenvalue weighted by Gasteiger charge is -2.22. The summed E-state index contributed by atoms with van der Waals surface area (Å²) in [5, 5.41) is 3.31. The minimum Gasteiger partial charge on any atom is -0.379 e. The highest BCUT2D eigenvalue weighted by Crippen LogP contribution is 2.28. The molecular weight excluding hydrogens is 417 g/mol. The van der Waals surface area contributed by atoms with E-state index in [-0.39, 0.29) is 24.0 Å². The maximum absolute atomic E-state index is 5.67. The van der Waals surface area contributed by atoms with Crippen LogP contribution >= 0.6 is 24.0 Å². The largest absolute Gasteiger partial charge is 0.379 e. The minimum absolute atomic E-state index is 0. The molecule has 5 nitrogen and oxygen atoms in total. The number of halogens is 1. The molecule has 1 aromatic carbocycles. The molecule has 1 N–H and O–H groups in total. The van der Waals surface area contributed by atoms with Crippen LogP contribution in [0.15, 0.2) is 35.3 Å². The molecule has 6 heteroatoms. The molecule has 0 atom stereocenters. The molecule has 24 heavy (non-hydrogen) atoms. The second-order valence-corrected chi connectivity index (χ2v) is 5.95. The summed E-state index contributed by atoms with van der Waals surface area (Å²) in [7, 11) is 3.83. The van der Waals surface area contributed by atoms with Gasteiger partial charge in [-0.1, -0.05) is 30.3 Å². The Morgan fingerprint density at radius 2 is 1.96 bits per heavy atom. The van der Waals surface area contributed by atoms with Gasteiger partial charge >= 0.3 is 0 Å². The Kier molecular flexibility index (Phi) is 11.0. The van der Waals surface area contributed by atoms with E-state index in [2.05, 4.69) is 27.3 Å². The highest BCUT2D eigenvalue weighted by Gasteiger charge is 2.21. The van der Waals surface area contributed by atoms with Gasteiger partial charge in [0, 0.05) is 33.8 Å². The van der Waals surface area contributed by atoms with Crippen molar-refractivity contribution in [2.24, 2.45) is 10.9 Å². The number of rotatable bonds is 10. The lowest BCUT2D eigenvalue weighted by molar-refractivity contribution is 0.113. The third-order valence-electron chi connectivity index (χ3n) is 3.84. The molecule has 0 radical (unpaired) electrons. The fourth-order valence-corrected chi connectivity index (χ4v) is 2.23. The van der Waals surface area contributed by atoms with Crippen molar-refractivity contribution in [3.8, 4) is 0 Å². The summed E-state index contributed by atoms with van der Waals surface area (Å²) in [6.45, 7) is 4.54. The Hall–Kier alpha value is -0.860. The van der Waals surface area contributed by atoms with Gasteiger partial charge in [0.2, 0.25) is 0 Å². The highest BCUT2D eigenvalue weighted by molar-refractivity contribution is 14.0. The van der Waals surface area contributed by atoms with E-state index in [1.807, 2.05) is 25.2 Å². The molecule has 2 rings (SSSR count). The molecule has 1 fully saturated rings. The van der Waals surface area contributed by atoms with E-state index in [1.54, 1.807) is 7.05 Å². The van der Waals surface area contributed by atoms with Crippen molar-refractivity contribution in [1.82, 2.24) is 10.2 Å². The van der Waals surface area contributed by atoms with Gasteiger partial charge in [0.1, 0.15) is 0 Å². The molecule has 0 aromatic heterocycles. The Balaban J connectivity index is 0.00000288. The van der Waals surface area contributed by atoms with Gasteiger partial charge in [-0.05, 0) is 24.3 Å². The summed E-state index contributed by atoms with van der Waals surface area (Å²) in [6.07, 6.45) is 2.67. The van der Waals surface area contributed by atoms with Crippen LogP contribution in [-0.4, -0.2) is 57.9 Å². The summed E-state index contributed by atoms with van der Waals surface area (Å²) in [5.41, 5.74) is 1.20. The zero-order valence-corrected chi connectivity index (χ0v) is 17.1. The predicted octanol–water partition coefficient (Wildman–Crippen LogP) is 2.76. The standard InChI is InChI=1S/C18H29N3O2.HI/c1-19-18(21(2)11-13-23-15-17-8-9-17)20-10-12-22-14-16-6-4-3-5-7-16;/h3-7,17H,8-15H2,1-2H3,(H,19,20);1H. The number of nitrogens with one attached hydrogen (secondary N) is 1. The van der Waals surface area contributed by atoms with E-state index < -0.39 is 0 Å². The fraction of sp³-hybridized carbons (Fsp3) is 0.611. The summed E-state index contributed by atoms with van der Waals surface area (Å²) >= 11 is 0. The lowest BCUT2D eigenvalue weighted by atomic mass is 10.2. The second-order valence-electron chi connectivity index (χ2n) is 5.95. The van der Waals surface area contributed by atoms with Crippen LogP contribution in [0.1, 0.15) is 18.4 Å². The predicted molar refractivity (Wildman–Crippen MR) is 109 cm³/mol. The van der Waals surface area contributed by atoms with E-state index in [0.29, 0.717) is 13.2 Å². The van der Waals surface area contributed by atoms with E-state index in [1.165, 1.54) is 18.4 Å². The first-order valence-corrected chi connectivity index (χ1v) is 8.41. The van der Waals surface area contributed by atoms with Crippen molar-refractivity contribution in [1.29, 1.82) is 0 Å². The highest BCUT2D eigenvalue weighted by atomic mass is 127. The van der Waals surface area contributed by atoms with Crippen LogP contribution in [0.2, 0.25) is 0 Å². The Labute approximate surface area is 162 Å². The summed E-state index contributed by atoms with van der Waals surface area (Å²) in [5.74, 6) is 1.70. The maximum atomic E-state index is 5.67. The number of aliphatic imine (C=N–C) groups is 1. The average Bonchev–Trinajstić information content (AvgIpc) is 3.40. The SMILES string of the molecule is CN=C(NCCOCc1ccccc1)N(C)CCOCC1CC1.I. The van der Waals surface area contributed by atoms with Crippen LogP contribution in [0.3, 0.4) is 0 Å². The molecule has 1 saturated carbocycles. The van der Waals surface area contributed by atoms with Crippen molar-refractivity contribution < 1.29 is 9.47 Å². The molecule has 1 aliphatic carbocycles. The number of benzene rings is 1. The van der Waals surface area contributed by atoms with Crippen LogP contribution in [0.4, 0.5) is 0 Å². The van der Waals surface area contributed by atoms with Crippen molar-refractivity contribution in [2.75, 3.05) is 47.0 Å². The Morgan fingerprint density at radius 3 is 2.62 bits per heavy atom. The van der Waals surface area contributed by atoms with Gasteiger partial charge < -0.3 is 19.7 Å². The molecule has 0 spiro atoms. The number of ether oxygens (including phenoxy) is 2. The number of nitrogens with zero attached hydrogens (tertiary/aromatic N) is 2. The van der Waals surface area contributed by atoms with Gasteiger partial charge in [0.05, 0.1) is 19.8 Å². The molecule has 0 aliphatic heterocycles. The van der Waals surface area contributed by atoms with E-state index in [0.717, 1.165) is 38.2 Å². The molecule has 136 valence electrons. The van der Waals surface area contributed by atoms with Crippen molar-refractivity contribution in [3.63, 3.8) is 0 Å². The lowest BCUT2D eigenvalue weighted by Crippen LogP contribution is -2.41. The number of hydrogen-bond donors (Lipinski definition) is 1. The van der Waals surface area contributed by atoms with Crippen molar-refractivity contribution in [3.05, 3.63) is 35.9 Å². The fourth-order valence-electron chi connectivity index (χ4n) is 2.23. The van der Waals surface area contributed by atoms with Gasteiger partial charge in [0.15, 0.2) is 5.96 Å². The van der Waals surface area contributed by atoms with Crippen LogP contribution in [0.25, 0.3) is 0 Å². The molecule has 1 aliphatic rings. The van der Waals surface area contributed by atoms with Gasteiger partial charge in [-0.2, -0.15) is 0 Å². The molecule has 0 amide bonds. The van der Waals surface area contributed by atoms with Crippen LogP contribution < -0.4 is 5.32 Å². The maximum Gasteiger partial charge on any atom is 0.193 e.